The summed E-state index contributed by atoms with van der Waals surface area (Å²) in [4.78, 5) is 12.7. The number of amides is 1. The molecule has 9 heteroatoms. The highest BCUT2D eigenvalue weighted by atomic mass is 35.5. The van der Waals surface area contributed by atoms with Gasteiger partial charge in [-0.15, -0.1) is 0 Å². The van der Waals surface area contributed by atoms with Crippen molar-refractivity contribution in [1.82, 2.24) is 9.62 Å². The molecule has 1 atom stereocenters. The molecule has 0 unspecified atom stereocenters. The Morgan fingerprint density at radius 1 is 1.14 bits per heavy atom. The second-order valence-electron chi connectivity index (χ2n) is 6.41. The minimum Gasteiger partial charge on any atom is -0.379 e. The molecule has 1 heterocycles. The van der Waals surface area contributed by atoms with Gasteiger partial charge in [0, 0.05) is 28.7 Å². The Morgan fingerprint density at radius 3 is 2.54 bits per heavy atom. The van der Waals surface area contributed by atoms with Gasteiger partial charge in [0.05, 0.1) is 24.2 Å². The van der Waals surface area contributed by atoms with Gasteiger partial charge in [0.15, 0.2) is 0 Å². The van der Waals surface area contributed by atoms with Crippen LogP contribution in [0.1, 0.15) is 28.9 Å². The number of halogens is 2. The van der Waals surface area contributed by atoms with E-state index in [4.69, 9.17) is 27.9 Å². The molecule has 0 aliphatic carbocycles. The molecule has 1 N–H and O–H groups in total. The molecule has 0 aromatic heterocycles. The van der Waals surface area contributed by atoms with Gasteiger partial charge in [0.1, 0.15) is 0 Å². The summed E-state index contributed by atoms with van der Waals surface area (Å²) in [5.41, 5.74) is 0.975. The van der Waals surface area contributed by atoms with Gasteiger partial charge < -0.3 is 10.1 Å². The lowest BCUT2D eigenvalue weighted by Crippen LogP contribution is -2.40. The zero-order valence-electron chi connectivity index (χ0n) is 15.2. The van der Waals surface area contributed by atoms with Crippen molar-refractivity contribution < 1.29 is 17.9 Å². The summed E-state index contributed by atoms with van der Waals surface area (Å²) in [7, 11) is -3.67. The molecule has 1 fully saturated rings. The van der Waals surface area contributed by atoms with Crippen LogP contribution >= 0.6 is 23.2 Å². The van der Waals surface area contributed by atoms with Crippen LogP contribution < -0.4 is 5.32 Å². The largest absolute Gasteiger partial charge is 0.379 e. The van der Waals surface area contributed by atoms with Crippen molar-refractivity contribution >= 4 is 39.1 Å². The molecule has 150 valence electrons. The van der Waals surface area contributed by atoms with E-state index < -0.39 is 15.9 Å². The SMILES string of the molecule is C[C@H](NC(=O)c1cccc(S(=O)(=O)N2CCOCC2)c1)c1ccc(Cl)cc1Cl. The summed E-state index contributed by atoms with van der Waals surface area (Å²) in [5, 5.41) is 3.79. The van der Waals surface area contributed by atoms with Crippen molar-refractivity contribution in [2.45, 2.75) is 17.9 Å². The second kappa shape index (κ2) is 8.80. The van der Waals surface area contributed by atoms with Crippen LogP contribution in [-0.4, -0.2) is 44.9 Å². The van der Waals surface area contributed by atoms with Crippen LogP contribution in [0.5, 0.6) is 0 Å². The third-order valence-corrected chi connectivity index (χ3v) is 6.94. The first-order valence-corrected chi connectivity index (χ1v) is 10.9. The van der Waals surface area contributed by atoms with Gasteiger partial charge in [0.25, 0.3) is 5.91 Å². The van der Waals surface area contributed by atoms with E-state index in [0.717, 1.165) is 5.56 Å². The molecule has 2 aromatic carbocycles. The molecule has 1 amide bonds. The summed E-state index contributed by atoms with van der Waals surface area (Å²) in [6, 6.07) is 10.7. The standard InChI is InChI=1S/C19H20Cl2N2O4S/c1-13(17-6-5-15(20)12-18(17)21)22-19(24)14-3-2-4-16(11-14)28(25,26)23-7-9-27-10-8-23/h2-6,11-13H,7-10H2,1H3,(H,22,24)/t13-/m0/s1. The Kier molecular flexibility index (Phi) is 6.62. The first-order valence-electron chi connectivity index (χ1n) is 8.73. The fraction of sp³-hybridized carbons (Fsp3) is 0.316. The van der Waals surface area contributed by atoms with Crippen molar-refractivity contribution in [2.24, 2.45) is 0 Å². The number of rotatable bonds is 5. The zero-order chi connectivity index (χ0) is 20.3. The molecule has 3 rings (SSSR count). The lowest BCUT2D eigenvalue weighted by atomic mass is 10.1. The number of ether oxygens (including phenoxy) is 1. The van der Waals surface area contributed by atoms with Crippen LogP contribution in [-0.2, 0) is 14.8 Å². The first kappa shape index (κ1) is 21.1. The zero-order valence-corrected chi connectivity index (χ0v) is 17.5. The Labute approximate surface area is 174 Å². The topological polar surface area (TPSA) is 75.7 Å². The Morgan fingerprint density at radius 2 is 1.86 bits per heavy atom. The third kappa shape index (κ3) is 4.67. The summed E-state index contributed by atoms with van der Waals surface area (Å²) in [5.74, 6) is -0.391. The number of benzene rings is 2. The number of carbonyl (C=O) groups is 1. The molecular weight excluding hydrogens is 423 g/mol. The minimum absolute atomic E-state index is 0.0826. The molecule has 0 bridgehead atoms. The lowest BCUT2D eigenvalue weighted by Gasteiger charge is -2.26. The van der Waals surface area contributed by atoms with Crippen LogP contribution in [0.4, 0.5) is 0 Å². The van der Waals surface area contributed by atoms with Gasteiger partial charge >= 0.3 is 0 Å². The van der Waals surface area contributed by atoms with E-state index in [1.54, 1.807) is 37.3 Å². The highest BCUT2D eigenvalue weighted by Gasteiger charge is 2.27. The Bertz CT molecular complexity index is 976. The Hall–Kier alpha value is -1.64. The van der Waals surface area contributed by atoms with E-state index >= 15 is 0 Å². The molecular formula is C19H20Cl2N2O4S. The van der Waals surface area contributed by atoms with E-state index in [0.29, 0.717) is 36.3 Å². The number of carbonyl (C=O) groups excluding carboxylic acids is 1. The molecule has 1 aliphatic rings. The molecule has 1 saturated heterocycles. The fourth-order valence-corrected chi connectivity index (χ4v) is 4.97. The first-order chi connectivity index (χ1) is 13.3. The predicted octanol–water partition coefficient (Wildman–Crippen LogP) is 3.51. The second-order valence-corrected chi connectivity index (χ2v) is 9.19. The van der Waals surface area contributed by atoms with Crippen LogP contribution in [0.25, 0.3) is 0 Å². The number of nitrogens with one attached hydrogen (secondary N) is 1. The third-order valence-electron chi connectivity index (χ3n) is 4.48. The van der Waals surface area contributed by atoms with E-state index in [1.165, 1.54) is 16.4 Å². The summed E-state index contributed by atoms with van der Waals surface area (Å²) in [6.07, 6.45) is 0. The van der Waals surface area contributed by atoms with Crippen LogP contribution in [0.15, 0.2) is 47.4 Å². The van der Waals surface area contributed by atoms with Gasteiger partial charge in [0.2, 0.25) is 10.0 Å². The molecule has 0 radical (unpaired) electrons. The molecule has 1 aliphatic heterocycles. The van der Waals surface area contributed by atoms with E-state index in [1.807, 2.05) is 0 Å². The highest BCUT2D eigenvalue weighted by Crippen LogP contribution is 2.26. The summed E-state index contributed by atoms with van der Waals surface area (Å²) < 4.78 is 32.2. The minimum atomic E-state index is -3.67. The molecule has 6 nitrogen and oxygen atoms in total. The van der Waals surface area contributed by atoms with Gasteiger partial charge in [-0.2, -0.15) is 4.31 Å². The van der Waals surface area contributed by atoms with Crippen LogP contribution in [0, 0.1) is 0 Å². The van der Waals surface area contributed by atoms with Crippen LogP contribution in [0.3, 0.4) is 0 Å². The maximum absolute atomic E-state index is 12.8. The lowest BCUT2D eigenvalue weighted by molar-refractivity contribution is 0.0730. The van der Waals surface area contributed by atoms with E-state index in [2.05, 4.69) is 5.32 Å². The normalized spacial score (nSPS) is 16.5. The highest BCUT2D eigenvalue weighted by molar-refractivity contribution is 7.89. The van der Waals surface area contributed by atoms with E-state index in [-0.39, 0.29) is 16.5 Å². The number of morpholine rings is 1. The maximum atomic E-state index is 12.8. The fourth-order valence-electron chi connectivity index (χ4n) is 2.94. The number of hydrogen-bond donors (Lipinski definition) is 1. The maximum Gasteiger partial charge on any atom is 0.251 e. The molecule has 0 spiro atoms. The van der Waals surface area contributed by atoms with Crippen molar-refractivity contribution in [3.8, 4) is 0 Å². The molecule has 0 saturated carbocycles. The van der Waals surface area contributed by atoms with E-state index in [9.17, 15) is 13.2 Å². The molecule has 2 aromatic rings. The Balaban J connectivity index is 1.78. The molecule has 28 heavy (non-hydrogen) atoms. The quantitative estimate of drug-likeness (QED) is 0.768. The van der Waals surface area contributed by atoms with Crippen molar-refractivity contribution in [1.29, 1.82) is 0 Å². The average molecular weight is 443 g/mol. The van der Waals surface area contributed by atoms with Gasteiger partial charge in [-0.05, 0) is 42.8 Å². The van der Waals surface area contributed by atoms with Gasteiger partial charge in [-0.1, -0.05) is 35.3 Å². The van der Waals surface area contributed by atoms with Crippen molar-refractivity contribution in [3.05, 3.63) is 63.6 Å². The van der Waals surface area contributed by atoms with Crippen molar-refractivity contribution in [2.75, 3.05) is 26.3 Å². The number of nitrogens with zero attached hydrogens (tertiary/aromatic N) is 1. The average Bonchev–Trinajstić information content (AvgIpc) is 2.68. The monoisotopic (exact) mass is 442 g/mol. The smallest absolute Gasteiger partial charge is 0.251 e. The number of sulfonamides is 1. The van der Waals surface area contributed by atoms with Crippen molar-refractivity contribution in [3.63, 3.8) is 0 Å². The predicted molar refractivity (Wildman–Crippen MR) is 108 cm³/mol. The van der Waals surface area contributed by atoms with Crippen LogP contribution in [0.2, 0.25) is 10.0 Å². The van der Waals surface area contributed by atoms with Gasteiger partial charge in [-0.25, -0.2) is 8.42 Å². The van der Waals surface area contributed by atoms with Gasteiger partial charge in [-0.3, -0.25) is 4.79 Å². The number of hydrogen-bond acceptors (Lipinski definition) is 4. The summed E-state index contributed by atoms with van der Waals surface area (Å²) >= 11 is 12.1. The summed E-state index contributed by atoms with van der Waals surface area (Å²) in [6.45, 7) is 3.11.